The predicted octanol–water partition coefficient (Wildman–Crippen LogP) is 0.957. The van der Waals surface area contributed by atoms with E-state index in [-0.39, 0.29) is 6.61 Å². The van der Waals surface area contributed by atoms with Gasteiger partial charge in [-0.3, -0.25) is 19.8 Å². The number of carboxylic acids is 1. The average molecular weight is 461 g/mol. The van der Waals surface area contributed by atoms with E-state index in [9.17, 15) is 28.7 Å². The molecule has 2 fully saturated rings. The quantitative estimate of drug-likeness (QED) is 0.335. The molecule has 2 aliphatic rings. The van der Waals surface area contributed by atoms with Crippen LogP contribution in [-0.2, 0) is 23.8 Å². The van der Waals surface area contributed by atoms with Gasteiger partial charge in [0.05, 0.1) is 32.1 Å². The standard InChI is InChI=1S/C19H28FN3O9/c1-3-4-5-8-30-19(29)22-16-11(20)9-23(18(28)21-16)17-15(14(27)10(2)31-17)32-13(26)7-6-12(24)25/h10-11,14-15,17,27H,3-9H2,1-2H3,(H,24,25)(H,21,22,28,29). The van der Waals surface area contributed by atoms with Crippen molar-refractivity contribution >= 4 is 29.9 Å². The van der Waals surface area contributed by atoms with Gasteiger partial charge in [-0.1, -0.05) is 19.8 Å². The largest absolute Gasteiger partial charge is 0.481 e. The molecule has 2 saturated heterocycles. The first-order chi connectivity index (χ1) is 15.1. The lowest BCUT2D eigenvalue weighted by molar-refractivity contribution is -0.162. The predicted molar refractivity (Wildman–Crippen MR) is 106 cm³/mol. The molecule has 2 heterocycles. The van der Waals surface area contributed by atoms with Crippen molar-refractivity contribution in [3.63, 3.8) is 0 Å². The van der Waals surface area contributed by atoms with E-state index in [4.69, 9.17) is 19.3 Å². The van der Waals surface area contributed by atoms with Gasteiger partial charge in [-0.05, 0) is 13.3 Å². The number of aliphatic hydroxyl groups is 1. The molecule has 0 saturated carbocycles. The van der Waals surface area contributed by atoms with E-state index in [1.165, 1.54) is 6.92 Å². The number of carboxylic acid groups (broad SMARTS) is 1. The van der Waals surface area contributed by atoms with Crippen LogP contribution in [-0.4, -0.2) is 88.9 Å². The molecule has 180 valence electrons. The molecule has 0 aromatic rings. The Morgan fingerprint density at radius 2 is 2.03 bits per heavy atom. The fourth-order valence-electron chi connectivity index (χ4n) is 3.17. The number of aliphatic carboxylic acids is 1. The minimum atomic E-state index is -1.89. The number of aliphatic imine (C=N–C) groups is 1. The summed E-state index contributed by atoms with van der Waals surface area (Å²) in [6, 6.07) is -0.880. The van der Waals surface area contributed by atoms with E-state index in [1.807, 2.05) is 6.92 Å². The first-order valence-corrected chi connectivity index (χ1v) is 10.4. The summed E-state index contributed by atoms with van der Waals surface area (Å²) in [5, 5.41) is 21.1. The SMILES string of the molecule is CCCCCOC(=O)N=C1NC(=O)N(C2OC(C)C(O)C2OC(=O)CCC(=O)O)CC1F. The highest BCUT2D eigenvalue weighted by molar-refractivity contribution is 6.05. The molecule has 2 aliphatic heterocycles. The van der Waals surface area contributed by atoms with Crippen LogP contribution in [0.1, 0.15) is 46.0 Å². The third kappa shape index (κ3) is 6.85. The first kappa shape index (κ1) is 25.5. The number of carbonyl (C=O) groups is 4. The van der Waals surface area contributed by atoms with Crippen LogP contribution in [0.2, 0.25) is 0 Å². The minimum Gasteiger partial charge on any atom is -0.481 e. The number of halogens is 1. The summed E-state index contributed by atoms with van der Waals surface area (Å²) in [6.45, 7) is 3.00. The van der Waals surface area contributed by atoms with Crippen LogP contribution in [0, 0.1) is 0 Å². The van der Waals surface area contributed by atoms with Crippen LogP contribution >= 0.6 is 0 Å². The number of hydrogen-bond donors (Lipinski definition) is 3. The van der Waals surface area contributed by atoms with Gasteiger partial charge in [0.1, 0.15) is 6.10 Å². The molecule has 32 heavy (non-hydrogen) atoms. The number of hydrogen-bond acceptors (Lipinski definition) is 8. The Bertz CT molecular complexity index is 748. The molecule has 0 spiro atoms. The highest BCUT2D eigenvalue weighted by Crippen LogP contribution is 2.28. The van der Waals surface area contributed by atoms with E-state index < -0.39 is 80.0 Å². The lowest BCUT2D eigenvalue weighted by atomic mass is 10.1. The molecule has 13 heteroatoms. The molecule has 0 aliphatic carbocycles. The molecular weight excluding hydrogens is 433 g/mol. The van der Waals surface area contributed by atoms with E-state index in [1.54, 1.807) is 0 Å². The maximum absolute atomic E-state index is 14.6. The van der Waals surface area contributed by atoms with E-state index in [0.717, 1.165) is 17.7 Å². The van der Waals surface area contributed by atoms with Gasteiger partial charge >= 0.3 is 24.1 Å². The summed E-state index contributed by atoms with van der Waals surface area (Å²) in [5.41, 5.74) is 0. The van der Waals surface area contributed by atoms with E-state index >= 15 is 0 Å². The number of rotatable bonds is 9. The van der Waals surface area contributed by atoms with Gasteiger partial charge in [0.2, 0.25) is 0 Å². The van der Waals surface area contributed by atoms with Crippen LogP contribution < -0.4 is 5.32 Å². The van der Waals surface area contributed by atoms with E-state index in [0.29, 0.717) is 6.42 Å². The van der Waals surface area contributed by atoms with Crippen LogP contribution in [0.3, 0.4) is 0 Å². The molecule has 3 N–H and O–H groups in total. The van der Waals surface area contributed by atoms with Crippen LogP contribution in [0.25, 0.3) is 0 Å². The van der Waals surface area contributed by atoms with Crippen LogP contribution in [0.4, 0.5) is 14.0 Å². The van der Waals surface area contributed by atoms with Crippen LogP contribution in [0.5, 0.6) is 0 Å². The second kappa shape index (κ2) is 11.7. The lowest BCUT2D eigenvalue weighted by Gasteiger charge is -2.36. The Balaban J connectivity index is 2.02. The minimum absolute atomic E-state index is 0.126. The lowest BCUT2D eigenvalue weighted by Crippen LogP contribution is -2.61. The molecular formula is C19H28FN3O9. The summed E-state index contributed by atoms with van der Waals surface area (Å²) in [4.78, 5) is 51.1. The van der Waals surface area contributed by atoms with Gasteiger partial charge in [-0.2, -0.15) is 4.99 Å². The van der Waals surface area contributed by atoms with Gasteiger partial charge in [-0.15, -0.1) is 0 Å². The summed E-state index contributed by atoms with van der Waals surface area (Å²) < 4.78 is 30.1. The summed E-state index contributed by atoms with van der Waals surface area (Å²) in [7, 11) is 0. The number of alkyl halides is 1. The van der Waals surface area contributed by atoms with E-state index in [2.05, 4.69) is 10.3 Å². The molecule has 2 rings (SSSR count). The Morgan fingerprint density at radius 1 is 1.31 bits per heavy atom. The highest BCUT2D eigenvalue weighted by Gasteiger charge is 2.50. The molecule has 0 aromatic heterocycles. The third-order valence-corrected chi connectivity index (χ3v) is 4.91. The molecule has 3 amide bonds. The first-order valence-electron chi connectivity index (χ1n) is 10.4. The molecule has 0 bridgehead atoms. The number of carbonyl (C=O) groups excluding carboxylic acids is 3. The zero-order chi connectivity index (χ0) is 23.8. The number of urea groups is 1. The van der Waals surface area contributed by atoms with Crippen LogP contribution in [0.15, 0.2) is 4.99 Å². The number of ether oxygens (including phenoxy) is 3. The fourth-order valence-corrected chi connectivity index (χ4v) is 3.17. The fraction of sp³-hybridized carbons (Fsp3) is 0.737. The van der Waals surface area contributed by atoms with Gasteiger partial charge in [0, 0.05) is 0 Å². The second-order valence-electron chi connectivity index (χ2n) is 7.44. The van der Waals surface area contributed by atoms with Crippen molar-refractivity contribution in [3.8, 4) is 0 Å². The number of amidine groups is 1. The number of nitrogens with one attached hydrogen (secondary N) is 1. The third-order valence-electron chi connectivity index (χ3n) is 4.91. The Hall–Kier alpha value is -2.80. The summed E-state index contributed by atoms with van der Waals surface area (Å²) in [6.07, 6.45) is -6.29. The monoisotopic (exact) mass is 461 g/mol. The smallest absolute Gasteiger partial charge is 0.435 e. The van der Waals surface area contributed by atoms with Gasteiger partial charge in [0.15, 0.2) is 24.3 Å². The average Bonchev–Trinajstić information content (AvgIpc) is 3.00. The molecule has 5 unspecified atom stereocenters. The summed E-state index contributed by atoms with van der Waals surface area (Å²) in [5.74, 6) is -2.64. The summed E-state index contributed by atoms with van der Waals surface area (Å²) >= 11 is 0. The maximum atomic E-state index is 14.6. The van der Waals surface area contributed by atoms with Crippen molar-refractivity contribution in [2.75, 3.05) is 13.2 Å². The molecule has 5 atom stereocenters. The number of unbranched alkanes of at least 4 members (excludes halogenated alkanes) is 2. The van der Waals surface area contributed by atoms with Crippen molar-refractivity contribution in [3.05, 3.63) is 0 Å². The second-order valence-corrected chi connectivity index (χ2v) is 7.44. The normalized spacial score (nSPS) is 29.0. The highest BCUT2D eigenvalue weighted by atomic mass is 19.1. The number of aliphatic hydroxyl groups excluding tert-OH is 1. The molecule has 0 radical (unpaired) electrons. The number of nitrogens with zero attached hydrogens (tertiary/aromatic N) is 2. The van der Waals surface area contributed by atoms with Gasteiger partial charge < -0.3 is 24.4 Å². The zero-order valence-corrected chi connectivity index (χ0v) is 17.9. The Morgan fingerprint density at radius 3 is 2.69 bits per heavy atom. The van der Waals surface area contributed by atoms with Crippen molar-refractivity contribution in [2.24, 2.45) is 4.99 Å². The van der Waals surface area contributed by atoms with Crippen molar-refractivity contribution in [1.29, 1.82) is 0 Å². The maximum Gasteiger partial charge on any atom is 0.435 e. The number of amides is 3. The van der Waals surface area contributed by atoms with Crippen molar-refractivity contribution < 1.29 is 48.0 Å². The Kier molecular flexibility index (Phi) is 9.32. The Labute approximate surface area is 183 Å². The topological polar surface area (TPSA) is 164 Å². The van der Waals surface area contributed by atoms with Gasteiger partial charge in [-0.25, -0.2) is 14.0 Å². The number of esters is 1. The molecule has 12 nitrogen and oxygen atoms in total. The van der Waals surface area contributed by atoms with Crippen molar-refractivity contribution in [2.45, 2.75) is 76.7 Å². The van der Waals surface area contributed by atoms with Gasteiger partial charge in [0.25, 0.3) is 0 Å². The zero-order valence-electron chi connectivity index (χ0n) is 17.9. The molecule has 0 aromatic carbocycles. The van der Waals surface area contributed by atoms with Crippen molar-refractivity contribution in [1.82, 2.24) is 10.2 Å².